The van der Waals surface area contributed by atoms with Gasteiger partial charge in [-0.05, 0) is 76.4 Å². The predicted molar refractivity (Wildman–Crippen MR) is 336 cm³/mol. The molecule has 20 atom stereocenters. The van der Waals surface area contributed by atoms with Gasteiger partial charge in [-0.25, -0.2) is 0 Å². The van der Waals surface area contributed by atoms with Gasteiger partial charge >= 0.3 is 0 Å². The van der Waals surface area contributed by atoms with Crippen molar-refractivity contribution in [3.63, 3.8) is 0 Å². The summed E-state index contributed by atoms with van der Waals surface area (Å²) in [7, 11) is 0. The number of phenolic OH excluding ortho intramolecular Hbond substituents is 8. The summed E-state index contributed by atoms with van der Waals surface area (Å²) in [5.74, 6) is -10.0. The molecule has 6 heterocycles. The van der Waals surface area contributed by atoms with Gasteiger partial charge in [0.2, 0.25) is 34.9 Å². The van der Waals surface area contributed by atoms with Crippen LogP contribution in [0.2, 0.25) is 0 Å². The van der Waals surface area contributed by atoms with E-state index in [9.17, 15) is 102 Å². The van der Waals surface area contributed by atoms with Crippen LogP contribution in [0, 0.1) is 0 Å². The van der Waals surface area contributed by atoms with Crippen molar-refractivity contribution < 1.29 is 149 Å². The molecule has 4 saturated heterocycles. The molecular formula is C65H82N2O32. The minimum atomic E-state index is -2.25. The predicted octanol–water partition coefficient (Wildman–Crippen LogP) is -1.79. The van der Waals surface area contributed by atoms with E-state index in [1.807, 2.05) is 0 Å². The van der Waals surface area contributed by atoms with Crippen LogP contribution in [0.4, 0.5) is 0 Å². The van der Waals surface area contributed by atoms with Crippen LogP contribution >= 0.6 is 0 Å². The molecule has 4 aliphatic heterocycles. The van der Waals surface area contributed by atoms with Crippen LogP contribution in [0.1, 0.15) is 63.8 Å². The number of benzene rings is 4. The Morgan fingerprint density at radius 2 is 0.727 bits per heavy atom. The van der Waals surface area contributed by atoms with E-state index in [1.165, 1.54) is 13.8 Å². The Hall–Kier alpha value is -7.50. The molecule has 544 valence electrons. The Labute approximate surface area is 561 Å². The molecule has 0 aliphatic carbocycles. The highest BCUT2D eigenvalue weighted by molar-refractivity contribution is 5.96. The largest absolute Gasteiger partial charge is 0.507 e. The Bertz CT molecular complexity index is 3760. The lowest BCUT2D eigenvalue weighted by molar-refractivity contribution is -0.318. The topological polar surface area (TPSA) is 545 Å². The maximum absolute atomic E-state index is 15.7. The fourth-order valence-electron chi connectivity index (χ4n) is 12.3. The molecule has 0 amide bonds. The van der Waals surface area contributed by atoms with Crippen molar-refractivity contribution >= 4 is 21.9 Å². The summed E-state index contributed by atoms with van der Waals surface area (Å²) in [6.07, 6.45) is -37.4. The molecule has 2 aromatic heterocycles. The Kier molecular flexibility index (Phi) is 22.5. The molecule has 0 unspecified atom stereocenters. The molecule has 4 fully saturated rings. The molecule has 34 heteroatoms. The SMILES string of the molecule is CCN(CC)Cc1c(O)c(Cc2c(O)c(CN(CC)CC)c(O)c3c(=O)c(O[C@@H]4O[C@H](CO[C@@H]5O[C@@H](C)[C@H](O)[C@@H](O)[C@H]5O)[C@@H](O)[C@H](O)[C@H]4O)c(-c4ccc(O)c(O)c4)oc23)c2oc(-c3ccc(O)c(O)c3)c(O[C@@H]3O[C@H](CO[C@@H]4O[C@@H](C)[C@H](O)[C@@H](O)[C@H]4O)[C@@H](O)[C@H](O)[C@H]3O)c(=O)c2c1O. The Morgan fingerprint density at radius 3 is 1.06 bits per heavy atom. The third-order valence-corrected chi connectivity index (χ3v) is 18.5. The molecular weight excluding hydrogens is 1320 g/mol. The summed E-state index contributed by atoms with van der Waals surface area (Å²) >= 11 is 0. The average molecular weight is 1400 g/mol. The second-order valence-electron chi connectivity index (χ2n) is 24.7. The van der Waals surface area contributed by atoms with Gasteiger partial charge < -0.3 is 149 Å². The van der Waals surface area contributed by atoms with Crippen LogP contribution in [0.5, 0.6) is 57.5 Å². The number of nitrogens with zero attached hydrogens (tertiary/aromatic N) is 2. The number of aromatic hydroxyl groups is 8. The first kappa shape index (κ1) is 74.2. The summed E-state index contributed by atoms with van der Waals surface area (Å²) in [4.78, 5) is 34.9. The lowest BCUT2D eigenvalue weighted by Gasteiger charge is -2.42. The highest BCUT2D eigenvalue weighted by Crippen LogP contribution is 2.50. The Morgan fingerprint density at radius 1 is 0.394 bits per heavy atom. The van der Waals surface area contributed by atoms with Gasteiger partial charge in [-0.2, -0.15) is 0 Å². The van der Waals surface area contributed by atoms with Crippen LogP contribution in [-0.4, -0.2) is 274 Å². The van der Waals surface area contributed by atoms with E-state index in [-0.39, 0.29) is 61.5 Å². The molecule has 4 aromatic carbocycles. The summed E-state index contributed by atoms with van der Waals surface area (Å²) in [6.45, 7) is 8.43. The van der Waals surface area contributed by atoms with E-state index in [0.717, 1.165) is 36.4 Å². The van der Waals surface area contributed by atoms with Crippen LogP contribution in [0.25, 0.3) is 44.6 Å². The van der Waals surface area contributed by atoms with E-state index < -0.39 is 255 Å². The van der Waals surface area contributed by atoms with E-state index in [1.54, 1.807) is 37.5 Å². The third kappa shape index (κ3) is 14.1. The fourth-order valence-corrected chi connectivity index (χ4v) is 12.3. The monoisotopic (exact) mass is 1400 g/mol. The zero-order valence-electron chi connectivity index (χ0n) is 54.1. The number of hydrogen-bond acceptors (Lipinski definition) is 34. The molecule has 10 rings (SSSR count). The van der Waals surface area contributed by atoms with Gasteiger partial charge in [-0.15, -0.1) is 0 Å². The maximum Gasteiger partial charge on any atom is 0.239 e. The van der Waals surface area contributed by atoms with Crippen molar-refractivity contribution in [1.82, 2.24) is 9.80 Å². The average Bonchev–Trinajstić information content (AvgIpc) is 0.728. The summed E-state index contributed by atoms with van der Waals surface area (Å²) in [6, 6.07) is 5.91. The molecule has 4 aliphatic rings. The zero-order chi connectivity index (χ0) is 72.2. The second kappa shape index (κ2) is 30.0. The van der Waals surface area contributed by atoms with Gasteiger partial charge in [0.1, 0.15) is 130 Å². The molecule has 0 spiro atoms. The molecule has 0 radical (unpaired) electrons. The molecule has 20 N–H and O–H groups in total. The lowest BCUT2D eigenvalue weighted by atomic mass is 9.92. The van der Waals surface area contributed by atoms with Crippen molar-refractivity contribution in [3.05, 3.63) is 79.1 Å². The van der Waals surface area contributed by atoms with Gasteiger partial charge in [0.25, 0.3) is 0 Å². The summed E-state index contributed by atoms with van der Waals surface area (Å²) in [5, 5.41) is 222. The molecule has 0 saturated carbocycles. The van der Waals surface area contributed by atoms with E-state index >= 15 is 9.59 Å². The Balaban J connectivity index is 1.17. The van der Waals surface area contributed by atoms with Crippen molar-refractivity contribution in [2.45, 2.75) is 184 Å². The van der Waals surface area contributed by atoms with Crippen molar-refractivity contribution in [2.75, 3.05) is 39.4 Å². The number of ether oxygens (including phenoxy) is 8. The number of aliphatic hydroxyl groups excluding tert-OH is 12. The lowest BCUT2D eigenvalue weighted by Crippen LogP contribution is -2.61. The van der Waals surface area contributed by atoms with Gasteiger partial charge in [0.05, 0.1) is 36.5 Å². The smallest absolute Gasteiger partial charge is 0.239 e. The summed E-state index contributed by atoms with van der Waals surface area (Å²) < 4.78 is 59.4. The minimum absolute atomic E-state index is 0.258. The minimum Gasteiger partial charge on any atom is -0.507 e. The standard InChI is InChI=1S/C65H82N2O32/c1-7-66(8-2)18-28-40(74)26(58-36(42(28)76)46(80)60(56(96-58)24-11-13-30(68)32(70)15-24)98-64-54(88)50(84)44(78)34(94-64)20-90-62-52(86)48(82)38(72)22(5)92-62)17-27-41(75)29(19-67(9-3)10-4)43(77)37-47(81)61(57(97-59(27)37)25-12-14-31(69)33(71)16-25)99-65-55(89)51(85)45(79)35(95-65)21-91-63-53(87)49(83)39(73)23(6)93-63/h11-16,22-23,34-35,38-39,44-45,48-55,62-65,68-79,82-89H,7-10,17-21H2,1-6H3/t22-,23-,34+,35+,38-,39-,44+,45+,48+,49+,50-,51-,52+,53+,54+,55+,62+,63+,64-,65-/m0/s1. The molecule has 0 bridgehead atoms. The number of fused-ring (bicyclic) bond motifs is 2. The second-order valence-corrected chi connectivity index (χ2v) is 24.7. The number of phenols is 8. The van der Waals surface area contributed by atoms with Crippen molar-refractivity contribution in [3.8, 4) is 80.1 Å². The van der Waals surface area contributed by atoms with Crippen LogP contribution < -0.4 is 20.3 Å². The van der Waals surface area contributed by atoms with Gasteiger partial charge in [-0.3, -0.25) is 19.4 Å². The van der Waals surface area contributed by atoms with E-state index in [2.05, 4.69) is 0 Å². The maximum atomic E-state index is 15.7. The van der Waals surface area contributed by atoms with E-state index in [0.29, 0.717) is 0 Å². The van der Waals surface area contributed by atoms with Crippen LogP contribution in [0.15, 0.2) is 54.8 Å². The van der Waals surface area contributed by atoms with E-state index in [4.69, 9.17) is 46.7 Å². The van der Waals surface area contributed by atoms with Crippen molar-refractivity contribution in [2.24, 2.45) is 0 Å². The zero-order valence-corrected chi connectivity index (χ0v) is 54.1. The fraction of sp³-hybridized carbons (Fsp3) is 0.538. The van der Waals surface area contributed by atoms with Crippen molar-refractivity contribution in [1.29, 1.82) is 0 Å². The molecule has 99 heavy (non-hydrogen) atoms. The van der Waals surface area contributed by atoms with Gasteiger partial charge in [0.15, 0.2) is 47.1 Å². The summed E-state index contributed by atoms with van der Waals surface area (Å²) in [5.41, 5.74) is -6.57. The normalized spacial score (nSPS) is 30.6. The first-order valence-electron chi connectivity index (χ1n) is 31.8. The van der Waals surface area contributed by atoms with Gasteiger partial charge in [-0.1, -0.05) is 27.7 Å². The number of hydrogen-bond donors (Lipinski definition) is 20. The first-order valence-corrected chi connectivity index (χ1v) is 31.8. The molecule has 34 nitrogen and oxygen atoms in total. The quantitative estimate of drug-likeness (QED) is 0.0334. The van der Waals surface area contributed by atoms with Crippen LogP contribution in [0.3, 0.4) is 0 Å². The molecule has 6 aromatic rings. The number of rotatable bonds is 22. The van der Waals surface area contributed by atoms with Crippen LogP contribution in [-0.2, 0) is 47.9 Å². The number of aliphatic hydroxyl groups is 12. The highest BCUT2D eigenvalue weighted by Gasteiger charge is 2.51. The third-order valence-electron chi connectivity index (χ3n) is 18.5. The van der Waals surface area contributed by atoms with Gasteiger partial charge in [0, 0.05) is 41.8 Å². The first-order chi connectivity index (χ1) is 46.9. The highest BCUT2D eigenvalue weighted by atomic mass is 16.7.